The first kappa shape index (κ1) is 9.06. The summed E-state index contributed by atoms with van der Waals surface area (Å²) >= 11 is 0. The Hall–Kier alpha value is -1.51. The third-order valence-electron chi connectivity index (χ3n) is 2.62. The maximum absolute atomic E-state index is 10.8. The van der Waals surface area contributed by atoms with Gasteiger partial charge in [-0.25, -0.2) is 4.79 Å². The molecule has 1 aliphatic rings. The van der Waals surface area contributed by atoms with Crippen molar-refractivity contribution in [1.82, 2.24) is 0 Å². The molecule has 1 N–H and O–H groups in total. The lowest BCUT2D eigenvalue weighted by Crippen LogP contribution is -2.24. The van der Waals surface area contributed by atoms with Gasteiger partial charge in [0, 0.05) is 12.0 Å². The molecule has 14 heavy (non-hydrogen) atoms. The summed E-state index contributed by atoms with van der Waals surface area (Å²) in [7, 11) is 0. The quantitative estimate of drug-likeness (QED) is 0.736. The van der Waals surface area contributed by atoms with Crippen LogP contribution in [0.3, 0.4) is 0 Å². The number of rotatable bonds is 1. The van der Waals surface area contributed by atoms with Crippen molar-refractivity contribution in [1.29, 1.82) is 0 Å². The first-order valence-corrected chi connectivity index (χ1v) is 4.58. The number of hydrogen-bond acceptors (Lipinski definition) is 2. The smallest absolute Gasteiger partial charge is 0.345 e. The normalized spacial score (nSPS) is 18.9. The van der Waals surface area contributed by atoms with Crippen molar-refractivity contribution in [2.75, 3.05) is 0 Å². The van der Waals surface area contributed by atoms with E-state index in [2.05, 4.69) is 0 Å². The van der Waals surface area contributed by atoms with E-state index in [1.807, 2.05) is 26.0 Å². The Kier molecular flexibility index (Phi) is 1.95. The highest BCUT2D eigenvalue weighted by Gasteiger charge is 2.30. The molecule has 74 valence electrons. The molecule has 1 heterocycles. The molecule has 3 heteroatoms. The molecule has 0 aliphatic carbocycles. The Bertz CT molecular complexity index is 365. The predicted octanol–water partition coefficient (Wildman–Crippen LogP) is 1.69. The molecule has 0 saturated carbocycles. The van der Waals surface area contributed by atoms with Gasteiger partial charge in [-0.1, -0.05) is 12.1 Å². The Labute approximate surface area is 82.3 Å². The van der Waals surface area contributed by atoms with Gasteiger partial charge in [0.1, 0.15) is 5.75 Å². The molecule has 1 aliphatic heterocycles. The van der Waals surface area contributed by atoms with Crippen molar-refractivity contribution < 1.29 is 14.6 Å². The number of carboxylic acids is 1. The maximum Gasteiger partial charge on any atom is 0.345 e. The van der Waals surface area contributed by atoms with Crippen LogP contribution in [0, 0.1) is 13.8 Å². The largest absolute Gasteiger partial charge is 0.478 e. The van der Waals surface area contributed by atoms with Gasteiger partial charge in [0.2, 0.25) is 0 Å². The van der Waals surface area contributed by atoms with Crippen LogP contribution in [0.5, 0.6) is 5.75 Å². The summed E-state index contributed by atoms with van der Waals surface area (Å²) in [6.07, 6.45) is -0.220. The van der Waals surface area contributed by atoms with E-state index in [0.717, 1.165) is 22.4 Å². The summed E-state index contributed by atoms with van der Waals surface area (Å²) in [5, 5.41) is 8.84. The second kappa shape index (κ2) is 3.01. The number of benzene rings is 1. The number of carboxylic acid groups (broad SMARTS) is 1. The molecule has 0 fully saturated rings. The van der Waals surface area contributed by atoms with E-state index in [1.54, 1.807) is 0 Å². The van der Waals surface area contributed by atoms with E-state index in [1.165, 1.54) is 0 Å². The second-order valence-electron chi connectivity index (χ2n) is 3.66. The summed E-state index contributed by atoms with van der Waals surface area (Å²) in [5.41, 5.74) is 3.15. The van der Waals surface area contributed by atoms with Crippen LogP contribution in [0.1, 0.15) is 16.7 Å². The molecule has 3 nitrogen and oxygen atoms in total. The first-order chi connectivity index (χ1) is 6.59. The number of aryl methyl sites for hydroxylation is 2. The van der Waals surface area contributed by atoms with Gasteiger partial charge < -0.3 is 9.84 Å². The minimum absolute atomic E-state index is 0.484. The highest BCUT2D eigenvalue weighted by molar-refractivity contribution is 5.75. The Morgan fingerprint density at radius 3 is 2.64 bits per heavy atom. The van der Waals surface area contributed by atoms with Crippen molar-refractivity contribution in [2.45, 2.75) is 26.4 Å². The predicted molar refractivity (Wildman–Crippen MR) is 51.7 cm³/mol. The van der Waals surface area contributed by atoms with Crippen LogP contribution >= 0.6 is 0 Å². The van der Waals surface area contributed by atoms with Crippen molar-refractivity contribution in [3.63, 3.8) is 0 Å². The molecule has 0 aromatic heterocycles. The van der Waals surface area contributed by atoms with E-state index in [-0.39, 0.29) is 0 Å². The van der Waals surface area contributed by atoms with Crippen LogP contribution in [-0.4, -0.2) is 17.2 Å². The first-order valence-electron chi connectivity index (χ1n) is 4.58. The minimum Gasteiger partial charge on any atom is -0.478 e. The van der Waals surface area contributed by atoms with Gasteiger partial charge in [0.15, 0.2) is 6.10 Å². The fourth-order valence-corrected chi connectivity index (χ4v) is 1.77. The second-order valence-corrected chi connectivity index (χ2v) is 3.66. The lowest BCUT2D eigenvalue weighted by molar-refractivity contribution is -0.144. The highest BCUT2D eigenvalue weighted by Crippen LogP contribution is 2.34. The van der Waals surface area contributed by atoms with Gasteiger partial charge in [-0.15, -0.1) is 0 Å². The third-order valence-corrected chi connectivity index (χ3v) is 2.62. The fourth-order valence-electron chi connectivity index (χ4n) is 1.77. The molecular formula is C11H12O3. The topological polar surface area (TPSA) is 46.5 Å². The Morgan fingerprint density at radius 2 is 2.07 bits per heavy atom. The minimum atomic E-state index is -0.889. The van der Waals surface area contributed by atoms with Crippen LogP contribution < -0.4 is 4.74 Å². The van der Waals surface area contributed by atoms with Gasteiger partial charge in [0.05, 0.1) is 0 Å². The van der Waals surface area contributed by atoms with Gasteiger partial charge >= 0.3 is 5.97 Å². The van der Waals surface area contributed by atoms with E-state index < -0.39 is 12.1 Å². The molecule has 0 radical (unpaired) electrons. The van der Waals surface area contributed by atoms with Crippen LogP contribution in [0.4, 0.5) is 0 Å². The molecule has 0 unspecified atom stereocenters. The number of hydrogen-bond donors (Lipinski definition) is 1. The molecule has 0 bridgehead atoms. The lowest BCUT2D eigenvalue weighted by atomic mass is 10.0. The van der Waals surface area contributed by atoms with Crippen LogP contribution in [-0.2, 0) is 11.2 Å². The number of fused-ring (bicyclic) bond motifs is 1. The molecule has 1 aromatic carbocycles. The highest BCUT2D eigenvalue weighted by atomic mass is 16.5. The molecule has 1 atom stereocenters. The zero-order valence-corrected chi connectivity index (χ0v) is 8.20. The molecule has 1 aromatic rings. The van der Waals surface area contributed by atoms with E-state index >= 15 is 0 Å². The summed E-state index contributed by atoms with van der Waals surface area (Å²) < 4.78 is 5.38. The van der Waals surface area contributed by atoms with Crippen molar-refractivity contribution >= 4 is 5.97 Å². The molecular weight excluding hydrogens is 180 g/mol. The standard InChI is InChI=1S/C11H12O3/c1-6-3-4-7(2)10-8(6)5-9(14-10)11(12)13/h3-4,9H,5H2,1-2H3,(H,12,13)/t9-/m1/s1. The fraction of sp³-hybridized carbons (Fsp3) is 0.364. The van der Waals surface area contributed by atoms with Gasteiger partial charge in [-0.3, -0.25) is 0 Å². The molecule has 0 spiro atoms. The van der Waals surface area contributed by atoms with E-state index in [9.17, 15) is 4.79 Å². The molecule has 0 amide bonds. The SMILES string of the molecule is Cc1ccc(C)c2c1C[C@H](C(=O)O)O2. The van der Waals surface area contributed by atoms with Crippen LogP contribution in [0.2, 0.25) is 0 Å². The Balaban J connectivity index is 2.43. The maximum atomic E-state index is 10.8. The van der Waals surface area contributed by atoms with Gasteiger partial charge in [-0.05, 0) is 25.0 Å². The lowest BCUT2D eigenvalue weighted by Gasteiger charge is -2.06. The average molecular weight is 192 g/mol. The molecule has 2 rings (SSSR count). The zero-order valence-electron chi connectivity index (χ0n) is 8.20. The summed E-state index contributed by atoms with van der Waals surface area (Å²) in [6, 6.07) is 3.96. The number of aliphatic carboxylic acids is 1. The van der Waals surface area contributed by atoms with Crippen molar-refractivity contribution in [2.24, 2.45) is 0 Å². The summed E-state index contributed by atoms with van der Waals surface area (Å²) in [4.78, 5) is 10.8. The van der Waals surface area contributed by atoms with Crippen LogP contribution in [0.25, 0.3) is 0 Å². The summed E-state index contributed by atoms with van der Waals surface area (Å²) in [6.45, 7) is 3.91. The van der Waals surface area contributed by atoms with Gasteiger partial charge in [0.25, 0.3) is 0 Å². The third kappa shape index (κ3) is 1.25. The Morgan fingerprint density at radius 1 is 1.43 bits per heavy atom. The van der Waals surface area contributed by atoms with Crippen LogP contribution in [0.15, 0.2) is 12.1 Å². The number of ether oxygens (including phenoxy) is 1. The summed E-state index contributed by atoms with van der Waals surface area (Å²) in [5.74, 6) is -0.127. The van der Waals surface area contributed by atoms with E-state index in [0.29, 0.717) is 6.42 Å². The van der Waals surface area contributed by atoms with Crippen molar-refractivity contribution in [3.8, 4) is 5.75 Å². The monoisotopic (exact) mass is 192 g/mol. The zero-order chi connectivity index (χ0) is 10.3. The molecule has 0 saturated heterocycles. The average Bonchev–Trinajstić information content (AvgIpc) is 2.57. The number of carbonyl (C=O) groups is 1. The van der Waals surface area contributed by atoms with Gasteiger partial charge in [-0.2, -0.15) is 0 Å². The van der Waals surface area contributed by atoms with Crippen molar-refractivity contribution in [3.05, 3.63) is 28.8 Å². The van der Waals surface area contributed by atoms with E-state index in [4.69, 9.17) is 9.84 Å².